The Hall–Kier alpha value is -3.52. The third-order valence-corrected chi connectivity index (χ3v) is 4.23. The molecule has 1 radical (unpaired) electrons. The van der Waals surface area contributed by atoms with Gasteiger partial charge in [0.15, 0.2) is 17.3 Å². The molecule has 3 N–H and O–H groups in total. The molecule has 0 saturated heterocycles. The second kappa shape index (κ2) is 18.7. The Kier molecular flexibility index (Phi) is 16.9. The quantitative estimate of drug-likeness (QED) is 0.212. The maximum atomic E-state index is 10.6. The van der Waals surface area contributed by atoms with Crippen molar-refractivity contribution in [3.05, 3.63) is 126 Å². The van der Waals surface area contributed by atoms with Gasteiger partial charge in [0.25, 0.3) is 0 Å². The van der Waals surface area contributed by atoms with Crippen molar-refractivity contribution in [2.45, 2.75) is 20.8 Å². The van der Waals surface area contributed by atoms with E-state index in [9.17, 15) is 29.7 Å². The van der Waals surface area contributed by atoms with E-state index >= 15 is 0 Å². The fourth-order valence-electron chi connectivity index (χ4n) is 2.65. The van der Waals surface area contributed by atoms with E-state index < -0.39 is 0 Å². The van der Waals surface area contributed by atoms with Crippen molar-refractivity contribution in [3.63, 3.8) is 0 Å². The van der Waals surface area contributed by atoms with E-state index in [0.29, 0.717) is 16.7 Å². The molecule has 0 heterocycles. The zero-order valence-corrected chi connectivity index (χ0v) is 24.7. The predicted octanol–water partition coefficient (Wildman–Crippen LogP) is 6.52. The Bertz CT molecular complexity index is 1060. The summed E-state index contributed by atoms with van der Waals surface area (Å²) in [7, 11) is 0. The summed E-state index contributed by atoms with van der Waals surface area (Å²) < 4.78 is 0. The first-order chi connectivity index (χ1) is 17.1. The summed E-state index contributed by atoms with van der Waals surface area (Å²) in [5.41, 5.74) is 1.98. The van der Waals surface area contributed by atoms with Gasteiger partial charge in [0.2, 0.25) is 0 Å². The van der Waals surface area contributed by atoms with Crippen LogP contribution in [-0.4, -0.2) is 32.7 Å². The molecule has 3 aromatic carbocycles. The van der Waals surface area contributed by atoms with Gasteiger partial charge >= 0.3 is 0 Å². The van der Waals surface area contributed by atoms with Gasteiger partial charge in [-0.05, 0) is 20.8 Å². The third kappa shape index (κ3) is 15.3. The van der Waals surface area contributed by atoms with E-state index in [1.165, 1.54) is 39.0 Å². The van der Waals surface area contributed by atoms with Crippen LogP contribution < -0.4 is 0 Å². The molecule has 7 heteroatoms. The van der Waals surface area contributed by atoms with Gasteiger partial charge in [-0.2, -0.15) is 0 Å². The van der Waals surface area contributed by atoms with Crippen molar-refractivity contribution in [2.75, 3.05) is 0 Å². The van der Waals surface area contributed by atoms with Crippen molar-refractivity contribution < 1.29 is 65.3 Å². The molecular weight excluding hydrogens is 595 g/mol. The Balaban J connectivity index is 0.000000518. The van der Waals surface area contributed by atoms with E-state index in [-0.39, 0.29) is 70.2 Å². The summed E-state index contributed by atoms with van der Waals surface area (Å²) in [6.45, 7) is 4.21. The summed E-state index contributed by atoms with van der Waals surface area (Å²) in [5.74, 6) is -0.418. The molecule has 0 unspecified atom stereocenters. The van der Waals surface area contributed by atoms with Crippen molar-refractivity contribution in [3.8, 4) is 0 Å². The first kappa shape index (κ1) is 33.5. The standard InChI is InChI=1S/3C10H10O2.La/c3*1-8(11)7-10(12)9-5-3-2-4-6-9;/h3*2-7,12H,1H3;/b3*10-7-;. The maximum Gasteiger partial charge on any atom is 0.156 e. The molecule has 3 aromatic rings. The van der Waals surface area contributed by atoms with Gasteiger partial charge in [-0.25, -0.2) is 0 Å². The zero-order valence-electron chi connectivity index (χ0n) is 21.0. The molecule has 37 heavy (non-hydrogen) atoms. The predicted molar refractivity (Wildman–Crippen MR) is 143 cm³/mol. The number of aliphatic hydroxyl groups is 3. The average Bonchev–Trinajstić information content (AvgIpc) is 2.85. The molecular formula is C30H30LaO6. The van der Waals surface area contributed by atoms with Gasteiger partial charge in [0, 0.05) is 70.5 Å². The molecule has 0 bridgehead atoms. The van der Waals surface area contributed by atoms with E-state index in [0.717, 1.165) is 0 Å². The summed E-state index contributed by atoms with van der Waals surface area (Å²) in [6.07, 6.45) is 3.61. The topological polar surface area (TPSA) is 112 Å². The minimum Gasteiger partial charge on any atom is -0.507 e. The number of allylic oxidation sites excluding steroid dienone is 3. The molecule has 0 aromatic heterocycles. The molecule has 0 aliphatic carbocycles. The van der Waals surface area contributed by atoms with Gasteiger partial charge in [-0.15, -0.1) is 0 Å². The Morgan fingerprint density at radius 3 is 0.811 bits per heavy atom. The molecule has 0 atom stereocenters. The van der Waals surface area contributed by atoms with Crippen LogP contribution in [0.25, 0.3) is 17.3 Å². The van der Waals surface area contributed by atoms with E-state index in [2.05, 4.69) is 0 Å². The number of rotatable bonds is 6. The van der Waals surface area contributed by atoms with Crippen molar-refractivity contribution in [2.24, 2.45) is 0 Å². The molecule has 0 spiro atoms. The second-order valence-corrected chi connectivity index (χ2v) is 7.52. The van der Waals surface area contributed by atoms with Crippen LogP contribution in [0, 0.1) is 35.6 Å². The van der Waals surface area contributed by atoms with Crippen molar-refractivity contribution in [1.82, 2.24) is 0 Å². The summed E-state index contributed by atoms with van der Waals surface area (Å²) >= 11 is 0. The molecule has 0 fully saturated rings. The van der Waals surface area contributed by atoms with Crippen LogP contribution in [0.2, 0.25) is 0 Å². The fourth-order valence-corrected chi connectivity index (χ4v) is 2.65. The minimum absolute atomic E-state index is 0. The zero-order chi connectivity index (χ0) is 26.9. The van der Waals surface area contributed by atoms with Crippen LogP contribution in [0.1, 0.15) is 37.5 Å². The summed E-state index contributed by atoms with van der Waals surface area (Å²) in [6, 6.07) is 26.9. The minimum atomic E-state index is -0.156. The van der Waals surface area contributed by atoms with Gasteiger partial charge in [-0.1, -0.05) is 91.0 Å². The number of benzene rings is 3. The number of hydrogen-bond acceptors (Lipinski definition) is 6. The summed E-state index contributed by atoms with van der Waals surface area (Å²) in [4.78, 5) is 31.8. The first-order valence-electron chi connectivity index (χ1n) is 11.0. The number of ketones is 3. The van der Waals surface area contributed by atoms with Crippen LogP contribution in [0.3, 0.4) is 0 Å². The normalized spacial score (nSPS) is 10.9. The van der Waals surface area contributed by atoms with E-state index in [1.54, 1.807) is 72.8 Å². The van der Waals surface area contributed by atoms with E-state index in [4.69, 9.17) is 0 Å². The molecule has 0 aliphatic rings. The monoisotopic (exact) mass is 625 g/mol. The summed E-state index contributed by atoms with van der Waals surface area (Å²) in [5, 5.41) is 28.0. The van der Waals surface area contributed by atoms with Gasteiger partial charge in [0.1, 0.15) is 17.3 Å². The molecule has 3 rings (SSSR count). The van der Waals surface area contributed by atoms with Gasteiger partial charge < -0.3 is 15.3 Å². The third-order valence-electron chi connectivity index (χ3n) is 4.23. The van der Waals surface area contributed by atoms with Crippen LogP contribution in [0.5, 0.6) is 0 Å². The van der Waals surface area contributed by atoms with Crippen LogP contribution in [0.15, 0.2) is 109 Å². The Morgan fingerprint density at radius 2 is 0.649 bits per heavy atom. The van der Waals surface area contributed by atoms with E-state index in [1.807, 2.05) is 18.2 Å². The largest absolute Gasteiger partial charge is 0.507 e. The second-order valence-electron chi connectivity index (χ2n) is 7.52. The van der Waals surface area contributed by atoms with Crippen molar-refractivity contribution >= 4 is 34.6 Å². The Labute approximate surface area is 245 Å². The molecule has 6 nitrogen and oxygen atoms in total. The van der Waals surface area contributed by atoms with Crippen LogP contribution in [0.4, 0.5) is 0 Å². The van der Waals surface area contributed by atoms with Crippen LogP contribution >= 0.6 is 0 Å². The number of carbonyl (C=O) groups excluding carboxylic acids is 3. The SMILES string of the molecule is CC(=O)/C=C(\O)c1ccccc1.CC(=O)/C=C(\O)c1ccccc1.CC(=O)/C=C(\O)c1ccccc1.[La]. The first-order valence-corrected chi connectivity index (χ1v) is 11.0. The smallest absolute Gasteiger partial charge is 0.156 e. The molecule has 0 amide bonds. The molecule has 0 aliphatic heterocycles. The number of hydrogen-bond donors (Lipinski definition) is 3. The number of aliphatic hydroxyl groups excluding tert-OH is 3. The van der Waals surface area contributed by atoms with Gasteiger partial charge in [0.05, 0.1) is 0 Å². The van der Waals surface area contributed by atoms with Crippen molar-refractivity contribution in [1.29, 1.82) is 0 Å². The fraction of sp³-hybridized carbons (Fsp3) is 0.100. The van der Waals surface area contributed by atoms with Gasteiger partial charge in [-0.3, -0.25) is 14.4 Å². The average molecular weight is 625 g/mol. The molecule has 0 saturated carbocycles. The Morgan fingerprint density at radius 1 is 0.459 bits per heavy atom. The maximum absolute atomic E-state index is 10.6. The molecule has 189 valence electrons. The van der Waals surface area contributed by atoms with Crippen LogP contribution in [-0.2, 0) is 14.4 Å². The number of carbonyl (C=O) groups is 3.